The van der Waals surface area contributed by atoms with Crippen LogP contribution in [0, 0.1) is 0 Å². The van der Waals surface area contributed by atoms with Crippen molar-refractivity contribution in [2.45, 2.75) is 0 Å². The van der Waals surface area contributed by atoms with E-state index in [2.05, 4.69) is 224 Å². The van der Waals surface area contributed by atoms with Gasteiger partial charge in [0.1, 0.15) is 0 Å². The highest BCUT2D eigenvalue weighted by Crippen LogP contribution is 2.41. The minimum atomic E-state index is 0.695. The van der Waals surface area contributed by atoms with Crippen molar-refractivity contribution in [1.82, 2.24) is 15.0 Å². The van der Waals surface area contributed by atoms with Crippen LogP contribution in [-0.2, 0) is 0 Å². The Hall–Kier alpha value is -8.53. The number of pyridine rings is 1. The molecule has 0 amide bonds. The maximum atomic E-state index is 5.49. The Kier molecular flexibility index (Phi) is 8.22. The van der Waals surface area contributed by atoms with Gasteiger partial charge < -0.3 is 0 Å². The first-order chi connectivity index (χ1) is 31.7. The number of aromatic nitrogens is 3. The third-order valence-corrected chi connectivity index (χ3v) is 13.0. The minimum absolute atomic E-state index is 0.695. The summed E-state index contributed by atoms with van der Waals surface area (Å²) in [6, 6.07) is 80.5. The van der Waals surface area contributed by atoms with Gasteiger partial charge in [0.25, 0.3) is 0 Å². The van der Waals surface area contributed by atoms with Crippen molar-refractivity contribution in [2.24, 2.45) is 0 Å². The smallest absolute Gasteiger partial charge is 0.161 e. The van der Waals surface area contributed by atoms with Crippen LogP contribution in [-0.4, -0.2) is 15.0 Å². The molecule has 13 rings (SSSR count). The third kappa shape index (κ3) is 5.86. The van der Waals surface area contributed by atoms with E-state index in [4.69, 9.17) is 15.0 Å². The number of nitrogens with zero attached hydrogens (tertiary/aromatic N) is 3. The molecule has 0 saturated carbocycles. The number of fused-ring (bicyclic) bond motifs is 11. The number of para-hydroxylation sites is 1. The van der Waals surface area contributed by atoms with Gasteiger partial charge in [-0.15, -0.1) is 0 Å². The maximum Gasteiger partial charge on any atom is 0.161 e. The number of hydrogen-bond donors (Lipinski definition) is 0. The van der Waals surface area contributed by atoms with Crippen LogP contribution in [0.2, 0.25) is 0 Å². The van der Waals surface area contributed by atoms with E-state index in [1.54, 1.807) is 0 Å². The first-order valence-electron chi connectivity index (χ1n) is 21.8. The molecule has 2 aromatic heterocycles. The van der Waals surface area contributed by atoms with Crippen molar-refractivity contribution < 1.29 is 0 Å². The van der Waals surface area contributed by atoms with E-state index < -0.39 is 0 Å². The topological polar surface area (TPSA) is 38.7 Å². The molecule has 0 bridgehead atoms. The Morgan fingerprint density at radius 3 is 1.45 bits per heavy atom. The molecule has 296 valence electrons. The zero-order valence-corrected chi connectivity index (χ0v) is 34.7. The Labute approximate surface area is 369 Å². The Morgan fingerprint density at radius 1 is 0.250 bits per heavy atom. The summed E-state index contributed by atoms with van der Waals surface area (Å²) in [6.45, 7) is 0. The monoisotopic (exact) mass is 811 g/mol. The molecule has 13 aromatic rings. The predicted octanol–water partition coefficient (Wildman–Crippen LogP) is 16.3. The first-order valence-corrected chi connectivity index (χ1v) is 21.8. The summed E-state index contributed by atoms with van der Waals surface area (Å²) in [4.78, 5) is 16.3. The van der Waals surface area contributed by atoms with Crippen molar-refractivity contribution in [3.8, 4) is 56.3 Å². The van der Waals surface area contributed by atoms with Crippen LogP contribution in [0.3, 0.4) is 0 Å². The molecule has 0 fully saturated rings. The molecular formula is C61H37N3. The van der Waals surface area contributed by atoms with Gasteiger partial charge in [-0.1, -0.05) is 188 Å². The van der Waals surface area contributed by atoms with Crippen molar-refractivity contribution in [2.75, 3.05) is 0 Å². The van der Waals surface area contributed by atoms with Crippen LogP contribution in [0.1, 0.15) is 0 Å². The summed E-state index contributed by atoms with van der Waals surface area (Å²) < 4.78 is 0. The molecule has 0 N–H and O–H groups in total. The molecule has 11 aromatic carbocycles. The highest BCUT2D eigenvalue weighted by Gasteiger charge is 2.19. The average Bonchev–Trinajstić information content (AvgIpc) is 3.37. The Morgan fingerprint density at radius 2 is 0.750 bits per heavy atom. The molecule has 3 heteroatoms. The second-order valence-electron chi connectivity index (χ2n) is 16.7. The zero-order valence-electron chi connectivity index (χ0n) is 34.7. The van der Waals surface area contributed by atoms with Crippen LogP contribution in [0.4, 0.5) is 0 Å². The van der Waals surface area contributed by atoms with E-state index >= 15 is 0 Å². The zero-order chi connectivity index (χ0) is 42.1. The van der Waals surface area contributed by atoms with Gasteiger partial charge in [0.05, 0.1) is 22.6 Å². The van der Waals surface area contributed by atoms with Crippen molar-refractivity contribution in [1.29, 1.82) is 0 Å². The van der Waals surface area contributed by atoms with E-state index in [1.807, 2.05) is 0 Å². The van der Waals surface area contributed by atoms with Gasteiger partial charge in [-0.05, 0) is 101 Å². The minimum Gasteiger partial charge on any atom is -0.247 e. The van der Waals surface area contributed by atoms with Gasteiger partial charge in [0, 0.05) is 38.4 Å². The van der Waals surface area contributed by atoms with Gasteiger partial charge in [-0.2, -0.15) is 0 Å². The molecule has 0 spiro atoms. The number of rotatable bonds is 5. The van der Waals surface area contributed by atoms with Gasteiger partial charge >= 0.3 is 0 Å². The van der Waals surface area contributed by atoms with E-state index in [1.165, 1.54) is 48.5 Å². The van der Waals surface area contributed by atoms with Crippen LogP contribution in [0.5, 0.6) is 0 Å². The highest BCUT2D eigenvalue weighted by atomic mass is 14.9. The quantitative estimate of drug-likeness (QED) is 0.163. The summed E-state index contributed by atoms with van der Waals surface area (Å²) in [6.07, 6.45) is 0. The molecule has 0 radical (unpaired) electrons. The molecule has 2 heterocycles. The van der Waals surface area contributed by atoms with E-state index in [0.717, 1.165) is 77.5 Å². The lowest BCUT2D eigenvalue weighted by atomic mass is 9.93. The first kappa shape index (κ1) is 36.2. The molecule has 0 aliphatic heterocycles. The van der Waals surface area contributed by atoms with E-state index in [0.29, 0.717) is 5.82 Å². The summed E-state index contributed by atoms with van der Waals surface area (Å²) >= 11 is 0. The molecule has 3 nitrogen and oxygen atoms in total. The molecule has 0 saturated heterocycles. The van der Waals surface area contributed by atoms with Crippen molar-refractivity contribution >= 4 is 75.5 Å². The lowest BCUT2D eigenvalue weighted by Crippen LogP contribution is -1.98. The molecule has 0 aliphatic rings. The van der Waals surface area contributed by atoms with Crippen LogP contribution < -0.4 is 0 Å². The normalized spacial score (nSPS) is 11.8. The molecule has 0 aliphatic carbocycles. The van der Waals surface area contributed by atoms with Crippen molar-refractivity contribution in [3.05, 3.63) is 224 Å². The Balaban J connectivity index is 1.01. The van der Waals surface area contributed by atoms with Crippen LogP contribution in [0.25, 0.3) is 132 Å². The predicted molar refractivity (Wildman–Crippen MR) is 270 cm³/mol. The van der Waals surface area contributed by atoms with Gasteiger partial charge in [-0.3, -0.25) is 0 Å². The van der Waals surface area contributed by atoms with Gasteiger partial charge in [-0.25, -0.2) is 15.0 Å². The summed E-state index contributed by atoms with van der Waals surface area (Å²) in [5.74, 6) is 0.695. The fraction of sp³-hybridized carbons (Fsp3) is 0. The van der Waals surface area contributed by atoms with Crippen molar-refractivity contribution in [3.63, 3.8) is 0 Å². The van der Waals surface area contributed by atoms with Gasteiger partial charge in [0.15, 0.2) is 5.82 Å². The maximum absolute atomic E-state index is 5.49. The Bertz CT molecular complexity index is 3880. The lowest BCUT2D eigenvalue weighted by Gasteiger charge is -2.15. The van der Waals surface area contributed by atoms with E-state index in [-0.39, 0.29) is 0 Å². The lowest BCUT2D eigenvalue weighted by molar-refractivity contribution is 1.19. The SMILES string of the molecule is c1cc(-c2cccc(-c3nc4ccccc4c4c3ccc3ccccc34)c2)cc(-c2cc(-c3cc4ccccc4c4ccccc34)nc(-c3cc4ccccc4c4ccccc34)n2)c1. The third-order valence-electron chi connectivity index (χ3n) is 13.0. The van der Waals surface area contributed by atoms with Gasteiger partial charge in [0.2, 0.25) is 0 Å². The molecule has 0 atom stereocenters. The summed E-state index contributed by atoms with van der Waals surface area (Å²) in [7, 11) is 0. The average molecular weight is 812 g/mol. The highest BCUT2D eigenvalue weighted by molar-refractivity contribution is 6.22. The molecule has 64 heavy (non-hydrogen) atoms. The second-order valence-corrected chi connectivity index (χ2v) is 16.7. The summed E-state index contributed by atoms with van der Waals surface area (Å²) in [5, 5.41) is 15.5. The van der Waals surface area contributed by atoms with Crippen LogP contribution in [0.15, 0.2) is 224 Å². The fourth-order valence-corrected chi connectivity index (χ4v) is 10.0. The standard InChI is InChI=1S/C61H37N3/c1-6-24-47-38(15-1)31-32-53-59(47)52-29-11-12-30-56(52)62-60(53)44-21-14-19-40(34-44)39-18-13-20-43(33-39)57-37-58(54-35-41-16-2-4-22-45(41)48-25-7-9-27-50(48)54)64-61(63-57)55-36-42-17-3-5-23-46(42)49-26-8-10-28-51(49)55/h1-37H. The second kappa shape index (κ2) is 14.5. The largest absolute Gasteiger partial charge is 0.247 e. The number of hydrogen-bond acceptors (Lipinski definition) is 3. The summed E-state index contributed by atoms with van der Waals surface area (Å²) in [5.41, 5.74) is 10.1. The number of benzene rings is 11. The molecule has 0 unspecified atom stereocenters. The van der Waals surface area contributed by atoms with E-state index in [9.17, 15) is 0 Å². The molecular weight excluding hydrogens is 775 g/mol. The van der Waals surface area contributed by atoms with Crippen LogP contribution >= 0.6 is 0 Å². The fourth-order valence-electron chi connectivity index (χ4n) is 10.0.